The Kier molecular flexibility index (Phi) is 6.32. The Bertz CT molecular complexity index is 313. The van der Waals surface area contributed by atoms with E-state index >= 15 is 0 Å². The SMILES string of the molecule is CC(C)CC(=O)OC[C@@H]1CCCN1C(=O)CC(C)C. The number of carbonyl (C=O) groups is 2. The van der Waals surface area contributed by atoms with Gasteiger partial charge in [-0.25, -0.2) is 0 Å². The average Bonchev–Trinajstić information content (AvgIpc) is 2.72. The van der Waals surface area contributed by atoms with Gasteiger partial charge in [0.25, 0.3) is 0 Å². The van der Waals surface area contributed by atoms with Crippen molar-refractivity contribution in [3.63, 3.8) is 0 Å². The molecule has 19 heavy (non-hydrogen) atoms. The van der Waals surface area contributed by atoms with Gasteiger partial charge in [0.05, 0.1) is 6.04 Å². The van der Waals surface area contributed by atoms with E-state index in [4.69, 9.17) is 4.74 Å². The smallest absolute Gasteiger partial charge is 0.306 e. The minimum absolute atomic E-state index is 0.0855. The third-order valence-electron chi connectivity index (χ3n) is 3.29. The Labute approximate surface area is 116 Å². The van der Waals surface area contributed by atoms with Crippen molar-refractivity contribution in [1.29, 1.82) is 0 Å². The number of rotatable bonds is 6. The highest BCUT2D eigenvalue weighted by Crippen LogP contribution is 2.20. The zero-order chi connectivity index (χ0) is 14.4. The molecule has 1 aliphatic rings. The second-order valence-electron chi connectivity index (χ2n) is 6.26. The molecule has 0 aromatic heterocycles. The molecule has 0 radical (unpaired) electrons. The van der Waals surface area contributed by atoms with Crippen molar-refractivity contribution < 1.29 is 14.3 Å². The number of esters is 1. The van der Waals surface area contributed by atoms with E-state index in [1.807, 2.05) is 32.6 Å². The molecule has 1 heterocycles. The van der Waals surface area contributed by atoms with Crippen LogP contribution in [0, 0.1) is 11.8 Å². The number of carbonyl (C=O) groups excluding carboxylic acids is 2. The van der Waals surface area contributed by atoms with Crippen molar-refractivity contribution in [2.24, 2.45) is 11.8 Å². The van der Waals surface area contributed by atoms with E-state index in [1.165, 1.54) is 0 Å². The molecule has 0 aliphatic carbocycles. The van der Waals surface area contributed by atoms with Crippen LogP contribution in [0.5, 0.6) is 0 Å². The fourth-order valence-electron chi connectivity index (χ4n) is 2.39. The summed E-state index contributed by atoms with van der Waals surface area (Å²) < 4.78 is 5.29. The van der Waals surface area contributed by atoms with Crippen molar-refractivity contribution in [3.05, 3.63) is 0 Å². The molecule has 0 N–H and O–H groups in total. The van der Waals surface area contributed by atoms with Crippen LogP contribution in [0.15, 0.2) is 0 Å². The van der Waals surface area contributed by atoms with Crippen molar-refractivity contribution in [3.8, 4) is 0 Å². The maximum Gasteiger partial charge on any atom is 0.306 e. The van der Waals surface area contributed by atoms with Gasteiger partial charge in [-0.15, -0.1) is 0 Å². The highest BCUT2D eigenvalue weighted by atomic mass is 16.5. The van der Waals surface area contributed by atoms with Crippen molar-refractivity contribution in [2.75, 3.05) is 13.2 Å². The Balaban J connectivity index is 2.40. The summed E-state index contributed by atoms with van der Waals surface area (Å²) in [4.78, 5) is 25.5. The number of hydrogen-bond donors (Lipinski definition) is 0. The van der Waals surface area contributed by atoms with Crippen LogP contribution in [0.3, 0.4) is 0 Å². The van der Waals surface area contributed by atoms with E-state index in [1.54, 1.807) is 0 Å². The molecule has 4 heteroatoms. The Morgan fingerprint density at radius 1 is 1.16 bits per heavy atom. The summed E-state index contributed by atoms with van der Waals surface area (Å²) >= 11 is 0. The van der Waals surface area contributed by atoms with E-state index in [2.05, 4.69) is 0 Å². The van der Waals surface area contributed by atoms with Gasteiger partial charge in [-0.2, -0.15) is 0 Å². The summed E-state index contributed by atoms with van der Waals surface area (Å²) in [5.41, 5.74) is 0. The lowest BCUT2D eigenvalue weighted by molar-refractivity contribution is -0.148. The van der Waals surface area contributed by atoms with Gasteiger partial charge >= 0.3 is 5.97 Å². The zero-order valence-electron chi connectivity index (χ0n) is 12.6. The average molecular weight is 269 g/mol. The first-order valence-electron chi connectivity index (χ1n) is 7.35. The molecule has 4 nitrogen and oxygen atoms in total. The molecule has 0 unspecified atom stereocenters. The van der Waals surface area contributed by atoms with E-state index in [0.29, 0.717) is 31.3 Å². The van der Waals surface area contributed by atoms with Crippen LogP contribution >= 0.6 is 0 Å². The fraction of sp³-hybridized carbons (Fsp3) is 0.867. The number of nitrogens with zero attached hydrogens (tertiary/aromatic N) is 1. The molecule has 0 aromatic carbocycles. The maximum absolute atomic E-state index is 12.1. The van der Waals surface area contributed by atoms with E-state index in [9.17, 15) is 9.59 Å². The van der Waals surface area contributed by atoms with Gasteiger partial charge in [0.2, 0.25) is 5.91 Å². The minimum Gasteiger partial charge on any atom is -0.463 e. The molecule has 1 fully saturated rings. The van der Waals surface area contributed by atoms with Crippen LogP contribution in [0.25, 0.3) is 0 Å². The molecule has 0 saturated carbocycles. The molecular formula is C15H27NO3. The van der Waals surface area contributed by atoms with Gasteiger partial charge in [0.15, 0.2) is 0 Å². The third-order valence-corrected chi connectivity index (χ3v) is 3.29. The van der Waals surface area contributed by atoms with E-state index in [-0.39, 0.29) is 17.9 Å². The Morgan fingerprint density at radius 3 is 2.37 bits per heavy atom. The van der Waals surface area contributed by atoms with Crippen LogP contribution in [0.2, 0.25) is 0 Å². The van der Waals surface area contributed by atoms with E-state index < -0.39 is 0 Å². The summed E-state index contributed by atoms with van der Waals surface area (Å²) in [7, 11) is 0. The highest BCUT2D eigenvalue weighted by molar-refractivity contribution is 5.77. The van der Waals surface area contributed by atoms with Crippen LogP contribution < -0.4 is 0 Å². The van der Waals surface area contributed by atoms with Crippen molar-refractivity contribution >= 4 is 11.9 Å². The molecule has 0 bridgehead atoms. The summed E-state index contributed by atoms with van der Waals surface area (Å²) in [5, 5.41) is 0. The van der Waals surface area contributed by atoms with Gasteiger partial charge in [-0.3, -0.25) is 9.59 Å². The van der Waals surface area contributed by atoms with Gasteiger partial charge in [-0.1, -0.05) is 27.7 Å². The largest absolute Gasteiger partial charge is 0.463 e. The van der Waals surface area contributed by atoms with Crippen LogP contribution in [0.4, 0.5) is 0 Å². The minimum atomic E-state index is -0.154. The summed E-state index contributed by atoms with van der Waals surface area (Å²) in [6.45, 7) is 9.25. The zero-order valence-corrected chi connectivity index (χ0v) is 12.6. The lowest BCUT2D eigenvalue weighted by Gasteiger charge is -2.25. The lowest BCUT2D eigenvalue weighted by Crippen LogP contribution is -2.39. The van der Waals surface area contributed by atoms with Crippen LogP contribution in [0.1, 0.15) is 53.4 Å². The molecule has 1 atom stereocenters. The maximum atomic E-state index is 12.1. The highest BCUT2D eigenvalue weighted by Gasteiger charge is 2.29. The van der Waals surface area contributed by atoms with Gasteiger partial charge in [0, 0.05) is 19.4 Å². The molecule has 1 amide bonds. The summed E-state index contributed by atoms with van der Waals surface area (Å²) in [6.07, 6.45) is 2.98. The van der Waals surface area contributed by atoms with Gasteiger partial charge in [-0.05, 0) is 24.7 Å². The molecule has 0 spiro atoms. The molecule has 110 valence electrons. The summed E-state index contributed by atoms with van der Waals surface area (Å²) in [5.74, 6) is 0.725. The topological polar surface area (TPSA) is 46.6 Å². The Morgan fingerprint density at radius 2 is 1.79 bits per heavy atom. The first-order valence-corrected chi connectivity index (χ1v) is 7.35. The van der Waals surface area contributed by atoms with Crippen LogP contribution in [-0.4, -0.2) is 36.0 Å². The standard InChI is InChI=1S/C15H27NO3/c1-11(2)8-14(17)16-7-5-6-13(16)10-19-15(18)9-12(3)4/h11-13H,5-10H2,1-4H3/t13-/m0/s1. The third kappa shape index (κ3) is 5.62. The van der Waals surface area contributed by atoms with Gasteiger partial charge in [0.1, 0.15) is 6.61 Å². The van der Waals surface area contributed by atoms with Crippen LogP contribution in [-0.2, 0) is 14.3 Å². The number of likely N-dealkylation sites (tertiary alicyclic amines) is 1. The van der Waals surface area contributed by atoms with Crippen molar-refractivity contribution in [2.45, 2.75) is 59.4 Å². The second kappa shape index (κ2) is 7.51. The first kappa shape index (κ1) is 16.0. The predicted octanol–water partition coefficient (Wildman–Crippen LogP) is 2.61. The Hall–Kier alpha value is -1.06. The molecular weight excluding hydrogens is 242 g/mol. The molecule has 0 aromatic rings. The number of ether oxygens (including phenoxy) is 1. The summed E-state index contributed by atoms with van der Waals surface area (Å²) in [6, 6.07) is 0.0855. The van der Waals surface area contributed by atoms with E-state index in [0.717, 1.165) is 19.4 Å². The van der Waals surface area contributed by atoms with Gasteiger partial charge < -0.3 is 9.64 Å². The predicted molar refractivity (Wildman–Crippen MR) is 74.6 cm³/mol. The second-order valence-corrected chi connectivity index (χ2v) is 6.26. The molecule has 1 aliphatic heterocycles. The lowest BCUT2D eigenvalue weighted by atomic mass is 10.1. The number of hydrogen-bond acceptors (Lipinski definition) is 3. The monoisotopic (exact) mass is 269 g/mol. The normalized spacial score (nSPS) is 19.3. The first-order chi connectivity index (χ1) is 8.90. The molecule has 1 saturated heterocycles. The molecule has 1 rings (SSSR count). The van der Waals surface area contributed by atoms with Crippen molar-refractivity contribution in [1.82, 2.24) is 4.90 Å². The number of amides is 1. The quantitative estimate of drug-likeness (QED) is 0.696. The fourth-order valence-corrected chi connectivity index (χ4v) is 2.39.